The van der Waals surface area contributed by atoms with Crippen molar-refractivity contribution >= 4 is 17.2 Å². The summed E-state index contributed by atoms with van der Waals surface area (Å²) in [4.78, 5) is 15.3. The fourth-order valence-electron chi connectivity index (χ4n) is 1.72. The number of nitrogens with two attached hydrogens (primary N) is 1. The van der Waals surface area contributed by atoms with Crippen LogP contribution in [0.3, 0.4) is 0 Å². The fraction of sp³-hybridized carbons (Fsp3) is 0.0833. The molecule has 8 heteroatoms. The molecular weight excluding hydrogens is 282 g/mol. The number of aromatic amines is 1. The number of aromatic nitrogens is 4. The average Bonchev–Trinajstić information content (AvgIpc) is 2.82. The Morgan fingerprint density at radius 1 is 1.40 bits per heavy atom. The van der Waals surface area contributed by atoms with Gasteiger partial charge < -0.3 is 10.5 Å². The van der Waals surface area contributed by atoms with Gasteiger partial charge in [0.2, 0.25) is 5.88 Å². The van der Waals surface area contributed by atoms with E-state index in [0.717, 1.165) is 5.56 Å². The van der Waals surface area contributed by atoms with Crippen LogP contribution in [0.1, 0.15) is 5.56 Å². The lowest BCUT2D eigenvalue weighted by Crippen LogP contribution is -2.09. The van der Waals surface area contributed by atoms with Crippen molar-refractivity contribution in [3.05, 3.63) is 51.7 Å². The summed E-state index contributed by atoms with van der Waals surface area (Å²) in [5.74, 6) is 0.748. The molecule has 0 radical (unpaired) electrons. The lowest BCUT2D eigenvalue weighted by atomic mass is 10.2. The SMILES string of the molecule is NCc1ccc(Oc2cc3n[nH]c(=O)n3cn2)c(Cl)c1. The van der Waals surface area contributed by atoms with Gasteiger partial charge in [0.25, 0.3) is 0 Å². The standard InChI is InChI=1S/C12H10ClN5O2/c13-8-3-7(5-14)1-2-9(8)20-11-4-10-16-17-12(19)18(10)6-15-11/h1-4,6H,5,14H2,(H,17,19). The largest absolute Gasteiger partial charge is 0.437 e. The molecule has 0 saturated carbocycles. The van der Waals surface area contributed by atoms with Crippen LogP contribution < -0.4 is 16.2 Å². The van der Waals surface area contributed by atoms with Crippen LogP contribution >= 0.6 is 11.6 Å². The Hall–Kier alpha value is -2.38. The molecule has 0 aliphatic carbocycles. The van der Waals surface area contributed by atoms with Crippen molar-refractivity contribution in [3.63, 3.8) is 0 Å². The minimum Gasteiger partial charge on any atom is -0.437 e. The zero-order valence-corrected chi connectivity index (χ0v) is 11.0. The predicted octanol–water partition coefficient (Wildman–Crippen LogP) is 1.32. The van der Waals surface area contributed by atoms with Crippen molar-refractivity contribution in [3.8, 4) is 11.6 Å². The van der Waals surface area contributed by atoms with Crippen molar-refractivity contribution in [2.24, 2.45) is 5.73 Å². The van der Waals surface area contributed by atoms with Crippen molar-refractivity contribution in [1.29, 1.82) is 0 Å². The normalized spacial score (nSPS) is 10.9. The molecule has 3 rings (SSSR count). The van der Waals surface area contributed by atoms with Gasteiger partial charge in [-0.05, 0) is 17.7 Å². The molecule has 0 amide bonds. The van der Waals surface area contributed by atoms with Gasteiger partial charge in [-0.2, -0.15) is 5.10 Å². The molecule has 3 aromatic rings. The first-order valence-electron chi connectivity index (χ1n) is 5.76. The number of hydrogen-bond donors (Lipinski definition) is 2. The third kappa shape index (κ3) is 2.24. The minimum atomic E-state index is -0.357. The van der Waals surface area contributed by atoms with E-state index in [-0.39, 0.29) is 5.69 Å². The minimum absolute atomic E-state index is 0.291. The highest BCUT2D eigenvalue weighted by atomic mass is 35.5. The van der Waals surface area contributed by atoms with Crippen molar-refractivity contribution in [2.45, 2.75) is 6.54 Å². The number of benzene rings is 1. The number of ether oxygens (including phenoxy) is 1. The van der Waals surface area contributed by atoms with Crippen LogP contribution in [0.5, 0.6) is 11.6 Å². The summed E-state index contributed by atoms with van der Waals surface area (Å²) in [6.45, 7) is 0.403. The Morgan fingerprint density at radius 2 is 2.25 bits per heavy atom. The smallest absolute Gasteiger partial charge is 0.348 e. The van der Waals surface area contributed by atoms with E-state index in [0.29, 0.717) is 28.8 Å². The van der Waals surface area contributed by atoms with Crippen LogP contribution in [0.4, 0.5) is 0 Å². The zero-order chi connectivity index (χ0) is 14.1. The Bertz CT molecular complexity index is 826. The summed E-state index contributed by atoms with van der Waals surface area (Å²) in [5.41, 5.74) is 6.49. The summed E-state index contributed by atoms with van der Waals surface area (Å²) in [6.07, 6.45) is 1.33. The molecule has 2 heterocycles. The molecule has 0 saturated heterocycles. The Morgan fingerprint density at radius 3 is 3.00 bits per heavy atom. The van der Waals surface area contributed by atoms with Gasteiger partial charge in [0.15, 0.2) is 5.65 Å². The molecule has 0 atom stereocenters. The number of rotatable bonds is 3. The first-order chi connectivity index (χ1) is 9.67. The van der Waals surface area contributed by atoms with Gasteiger partial charge in [-0.25, -0.2) is 19.3 Å². The molecule has 0 aliphatic rings. The highest BCUT2D eigenvalue weighted by molar-refractivity contribution is 6.32. The molecule has 0 spiro atoms. The monoisotopic (exact) mass is 291 g/mol. The second-order valence-corrected chi connectivity index (χ2v) is 4.46. The fourth-order valence-corrected chi connectivity index (χ4v) is 1.96. The first kappa shape index (κ1) is 12.6. The summed E-state index contributed by atoms with van der Waals surface area (Å²) >= 11 is 6.10. The Balaban J connectivity index is 1.94. The molecule has 7 nitrogen and oxygen atoms in total. The van der Waals surface area contributed by atoms with Crippen LogP contribution in [0.25, 0.3) is 5.65 Å². The summed E-state index contributed by atoms with van der Waals surface area (Å²) in [6, 6.07) is 6.80. The number of nitrogens with one attached hydrogen (secondary N) is 1. The Kier molecular flexibility index (Phi) is 3.13. The summed E-state index contributed by atoms with van der Waals surface area (Å²) in [7, 11) is 0. The molecule has 1 aromatic carbocycles. The topological polar surface area (TPSA) is 98.3 Å². The number of fused-ring (bicyclic) bond motifs is 1. The van der Waals surface area contributed by atoms with Gasteiger partial charge in [0, 0.05) is 12.6 Å². The maximum atomic E-state index is 11.3. The van der Waals surface area contributed by atoms with Crippen molar-refractivity contribution in [2.75, 3.05) is 0 Å². The lowest BCUT2D eigenvalue weighted by Gasteiger charge is -2.07. The second-order valence-electron chi connectivity index (χ2n) is 4.06. The molecule has 0 bridgehead atoms. The second kappa shape index (κ2) is 4.95. The predicted molar refractivity (Wildman–Crippen MR) is 73.0 cm³/mol. The van der Waals surface area contributed by atoms with Crippen LogP contribution in [-0.2, 0) is 6.54 Å². The maximum Gasteiger partial charge on any atom is 0.348 e. The summed E-state index contributed by atoms with van der Waals surface area (Å²) < 4.78 is 6.84. The highest BCUT2D eigenvalue weighted by Crippen LogP contribution is 2.29. The van der Waals surface area contributed by atoms with Gasteiger partial charge in [-0.3, -0.25) is 0 Å². The molecule has 20 heavy (non-hydrogen) atoms. The number of halogens is 1. The van der Waals surface area contributed by atoms with E-state index in [1.807, 2.05) is 6.07 Å². The first-order valence-corrected chi connectivity index (χ1v) is 6.14. The Labute approximate surface area is 118 Å². The summed E-state index contributed by atoms with van der Waals surface area (Å²) in [5, 5.41) is 6.58. The molecular formula is C12H10ClN5O2. The van der Waals surface area contributed by atoms with Crippen molar-refractivity contribution < 1.29 is 4.74 Å². The third-order valence-electron chi connectivity index (χ3n) is 2.73. The third-order valence-corrected chi connectivity index (χ3v) is 3.03. The quantitative estimate of drug-likeness (QED) is 0.758. The van der Waals surface area contributed by atoms with E-state index in [1.165, 1.54) is 16.8 Å². The highest BCUT2D eigenvalue weighted by Gasteiger charge is 2.07. The van der Waals surface area contributed by atoms with Gasteiger partial charge in [0.05, 0.1) is 5.02 Å². The molecule has 0 unspecified atom stereocenters. The van der Waals surface area contributed by atoms with Crippen LogP contribution in [0, 0.1) is 0 Å². The molecule has 0 aliphatic heterocycles. The van der Waals surface area contributed by atoms with E-state index >= 15 is 0 Å². The molecule has 3 N–H and O–H groups in total. The van der Waals surface area contributed by atoms with Crippen LogP contribution in [0.2, 0.25) is 5.02 Å². The molecule has 102 valence electrons. The van der Waals surface area contributed by atoms with Gasteiger partial charge in [-0.1, -0.05) is 17.7 Å². The number of nitrogens with zero attached hydrogens (tertiary/aromatic N) is 3. The van der Waals surface area contributed by atoms with Crippen LogP contribution in [-0.4, -0.2) is 19.6 Å². The molecule has 0 fully saturated rings. The van der Waals surface area contributed by atoms with E-state index in [1.54, 1.807) is 12.1 Å². The van der Waals surface area contributed by atoms with E-state index < -0.39 is 0 Å². The maximum absolute atomic E-state index is 11.3. The number of H-pyrrole nitrogens is 1. The van der Waals surface area contributed by atoms with E-state index in [2.05, 4.69) is 15.2 Å². The molecule has 2 aromatic heterocycles. The van der Waals surface area contributed by atoms with Crippen LogP contribution in [0.15, 0.2) is 35.4 Å². The van der Waals surface area contributed by atoms with Gasteiger partial charge in [-0.15, -0.1) is 0 Å². The zero-order valence-electron chi connectivity index (χ0n) is 10.2. The average molecular weight is 292 g/mol. The van der Waals surface area contributed by atoms with E-state index in [9.17, 15) is 4.79 Å². The van der Waals surface area contributed by atoms with Gasteiger partial charge >= 0.3 is 5.69 Å². The van der Waals surface area contributed by atoms with Gasteiger partial charge in [0.1, 0.15) is 12.1 Å². The van der Waals surface area contributed by atoms with Crippen molar-refractivity contribution in [1.82, 2.24) is 19.6 Å². The van der Waals surface area contributed by atoms with E-state index in [4.69, 9.17) is 22.1 Å². The lowest BCUT2D eigenvalue weighted by molar-refractivity contribution is 0.461. The number of hydrogen-bond acceptors (Lipinski definition) is 5.